The van der Waals surface area contributed by atoms with Gasteiger partial charge in [0.15, 0.2) is 0 Å². The molecule has 0 aliphatic carbocycles. The van der Waals surface area contributed by atoms with E-state index < -0.39 is 0 Å². The van der Waals surface area contributed by atoms with E-state index in [1.54, 1.807) is 18.2 Å². The Hall–Kier alpha value is -0.970. The van der Waals surface area contributed by atoms with Gasteiger partial charge in [-0.25, -0.2) is 4.79 Å². The first-order chi connectivity index (χ1) is 7.97. The quantitative estimate of drug-likeness (QED) is 0.888. The lowest BCUT2D eigenvalue weighted by Gasteiger charge is -2.11. The lowest BCUT2D eigenvalue weighted by atomic mass is 10.3. The zero-order valence-electron chi connectivity index (χ0n) is 9.76. The van der Waals surface area contributed by atoms with E-state index in [2.05, 4.69) is 10.6 Å². The second kappa shape index (κ2) is 6.69. The van der Waals surface area contributed by atoms with Gasteiger partial charge in [0.2, 0.25) is 0 Å². The van der Waals surface area contributed by atoms with Crippen LogP contribution in [0.1, 0.15) is 0 Å². The van der Waals surface area contributed by atoms with Crippen LogP contribution in [0.2, 0.25) is 10.0 Å². The van der Waals surface area contributed by atoms with Gasteiger partial charge in [0.1, 0.15) is 0 Å². The Kier molecular flexibility index (Phi) is 5.55. The van der Waals surface area contributed by atoms with E-state index in [0.717, 1.165) is 6.54 Å². The lowest BCUT2D eigenvalue weighted by molar-refractivity contribution is 0.250. The number of halogens is 2. The maximum atomic E-state index is 11.5. The summed E-state index contributed by atoms with van der Waals surface area (Å²) in [6.45, 7) is 1.36. The molecule has 0 atom stereocenters. The maximum absolute atomic E-state index is 11.5. The summed E-state index contributed by atoms with van der Waals surface area (Å²) in [6, 6.07) is 4.61. The third kappa shape index (κ3) is 5.77. The van der Waals surface area contributed by atoms with E-state index in [4.69, 9.17) is 23.2 Å². The Morgan fingerprint density at radius 3 is 2.35 bits per heavy atom. The molecule has 0 fully saturated rings. The van der Waals surface area contributed by atoms with Gasteiger partial charge >= 0.3 is 6.03 Å². The molecular formula is C11H15Cl2N3O. The molecule has 0 saturated heterocycles. The summed E-state index contributed by atoms with van der Waals surface area (Å²) in [5.74, 6) is 0. The fraction of sp³-hybridized carbons (Fsp3) is 0.364. The predicted molar refractivity (Wildman–Crippen MR) is 72.0 cm³/mol. The highest BCUT2D eigenvalue weighted by atomic mass is 35.5. The number of urea groups is 1. The molecular weight excluding hydrogens is 261 g/mol. The number of anilines is 1. The molecule has 1 aromatic rings. The molecule has 2 N–H and O–H groups in total. The van der Waals surface area contributed by atoms with Crippen molar-refractivity contribution in [1.29, 1.82) is 0 Å². The van der Waals surface area contributed by atoms with Gasteiger partial charge in [0, 0.05) is 28.8 Å². The largest absolute Gasteiger partial charge is 0.337 e. The molecule has 1 aromatic carbocycles. The average molecular weight is 276 g/mol. The van der Waals surface area contributed by atoms with E-state index in [-0.39, 0.29) is 6.03 Å². The summed E-state index contributed by atoms with van der Waals surface area (Å²) in [5.41, 5.74) is 0.574. The summed E-state index contributed by atoms with van der Waals surface area (Å²) >= 11 is 11.6. The number of nitrogens with one attached hydrogen (secondary N) is 2. The molecule has 94 valence electrons. The minimum Gasteiger partial charge on any atom is -0.337 e. The van der Waals surface area contributed by atoms with E-state index in [1.807, 2.05) is 19.0 Å². The molecule has 0 heterocycles. The number of likely N-dealkylation sites (N-methyl/N-ethyl adjacent to an activating group) is 1. The highest BCUT2D eigenvalue weighted by Crippen LogP contribution is 2.22. The molecule has 6 heteroatoms. The number of hydrogen-bond acceptors (Lipinski definition) is 2. The molecule has 2 amide bonds. The van der Waals surface area contributed by atoms with Crippen molar-refractivity contribution in [3.8, 4) is 0 Å². The minimum atomic E-state index is -0.273. The van der Waals surface area contributed by atoms with Gasteiger partial charge in [-0.15, -0.1) is 0 Å². The predicted octanol–water partition coefficient (Wildman–Crippen LogP) is 2.68. The molecule has 17 heavy (non-hydrogen) atoms. The third-order valence-electron chi connectivity index (χ3n) is 1.96. The number of carbonyl (C=O) groups is 1. The van der Waals surface area contributed by atoms with Crippen molar-refractivity contribution < 1.29 is 4.79 Å². The number of amides is 2. The maximum Gasteiger partial charge on any atom is 0.319 e. The van der Waals surface area contributed by atoms with Gasteiger partial charge in [-0.2, -0.15) is 0 Å². The van der Waals surface area contributed by atoms with Crippen LogP contribution in [0, 0.1) is 0 Å². The number of carbonyl (C=O) groups excluding carboxylic acids is 1. The standard InChI is InChI=1S/C11H15Cl2N3O/c1-16(2)4-3-14-11(17)15-10-6-8(12)5-9(13)7-10/h5-7H,3-4H2,1-2H3,(H2,14,15,17). The lowest BCUT2D eigenvalue weighted by Crippen LogP contribution is -2.34. The first-order valence-electron chi connectivity index (χ1n) is 5.13. The fourth-order valence-corrected chi connectivity index (χ4v) is 1.72. The summed E-state index contributed by atoms with van der Waals surface area (Å²) in [7, 11) is 3.88. The van der Waals surface area contributed by atoms with E-state index in [9.17, 15) is 4.79 Å². The Bertz CT molecular complexity index is 376. The van der Waals surface area contributed by atoms with Gasteiger partial charge in [-0.3, -0.25) is 0 Å². The Labute approximate surface area is 111 Å². The van der Waals surface area contributed by atoms with Gasteiger partial charge < -0.3 is 15.5 Å². The second-order valence-corrected chi connectivity index (χ2v) is 4.72. The van der Waals surface area contributed by atoms with Crippen LogP contribution in [0.15, 0.2) is 18.2 Å². The minimum absolute atomic E-state index is 0.273. The normalized spacial score (nSPS) is 10.4. The first kappa shape index (κ1) is 14.1. The van der Waals surface area contributed by atoms with Crippen LogP contribution in [-0.4, -0.2) is 38.1 Å². The molecule has 4 nitrogen and oxygen atoms in total. The van der Waals surface area contributed by atoms with Crippen LogP contribution in [0.25, 0.3) is 0 Å². The van der Waals surface area contributed by atoms with Crippen molar-refractivity contribution in [1.82, 2.24) is 10.2 Å². The second-order valence-electron chi connectivity index (χ2n) is 3.84. The highest BCUT2D eigenvalue weighted by Gasteiger charge is 2.03. The van der Waals surface area contributed by atoms with Crippen molar-refractivity contribution in [3.05, 3.63) is 28.2 Å². The summed E-state index contributed by atoms with van der Waals surface area (Å²) in [5, 5.41) is 6.36. The van der Waals surface area contributed by atoms with Crippen molar-refractivity contribution in [2.24, 2.45) is 0 Å². The van der Waals surface area contributed by atoms with Gasteiger partial charge in [0.05, 0.1) is 0 Å². The van der Waals surface area contributed by atoms with Crippen molar-refractivity contribution in [2.75, 3.05) is 32.5 Å². The molecule has 1 rings (SSSR count). The highest BCUT2D eigenvalue weighted by molar-refractivity contribution is 6.35. The van der Waals surface area contributed by atoms with Crippen molar-refractivity contribution in [3.63, 3.8) is 0 Å². The fourth-order valence-electron chi connectivity index (χ4n) is 1.19. The Balaban J connectivity index is 2.45. The Morgan fingerprint density at radius 1 is 1.24 bits per heavy atom. The third-order valence-corrected chi connectivity index (χ3v) is 2.40. The van der Waals surface area contributed by atoms with E-state index in [1.165, 1.54) is 0 Å². The molecule has 0 aromatic heterocycles. The van der Waals surface area contributed by atoms with Gasteiger partial charge in [0.25, 0.3) is 0 Å². The van der Waals surface area contributed by atoms with E-state index >= 15 is 0 Å². The molecule has 0 spiro atoms. The number of rotatable bonds is 4. The molecule has 0 radical (unpaired) electrons. The van der Waals surface area contributed by atoms with E-state index in [0.29, 0.717) is 22.3 Å². The average Bonchev–Trinajstić information content (AvgIpc) is 2.14. The molecule has 0 unspecified atom stereocenters. The zero-order chi connectivity index (χ0) is 12.8. The van der Waals surface area contributed by atoms with Crippen LogP contribution < -0.4 is 10.6 Å². The molecule has 0 saturated carbocycles. The summed E-state index contributed by atoms with van der Waals surface area (Å²) in [6.07, 6.45) is 0. The van der Waals surface area contributed by atoms with Crippen LogP contribution in [0.3, 0.4) is 0 Å². The summed E-state index contributed by atoms with van der Waals surface area (Å²) in [4.78, 5) is 13.5. The van der Waals surface area contributed by atoms with Gasteiger partial charge in [-0.05, 0) is 32.3 Å². The first-order valence-corrected chi connectivity index (χ1v) is 5.88. The van der Waals surface area contributed by atoms with Crippen molar-refractivity contribution >= 4 is 34.9 Å². The zero-order valence-corrected chi connectivity index (χ0v) is 11.3. The molecule has 0 aliphatic rings. The van der Waals surface area contributed by atoms with Gasteiger partial charge in [-0.1, -0.05) is 23.2 Å². The Morgan fingerprint density at radius 2 is 1.82 bits per heavy atom. The van der Waals surface area contributed by atoms with Crippen LogP contribution in [-0.2, 0) is 0 Å². The molecule has 0 bridgehead atoms. The monoisotopic (exact) mass is 275 g/mol. The number of hydrogen-bond donors (Lipinski definition) is 2. The topological polar surface area (TPSA) is 44.4 Å². The SMILES string of the molecule is CN(C)CCNC(=O)Nc1cc(Cl)cc(Cl)c1. The number of nitrogens with zero attached hydrogens (tertiary/aromatic N) is 1. The van der Waals surface area contributed by atoms with Crippen molar-refractivity contribution in [2.45, 2.75) is 0 Å². The van der Waals surface area contributed by atoms with Crippen LogP contribution in [0.4, 0.5) is 10.5 Å². The molecule has 0 aliphatic heterocycles. The van der Waals surface area contributed by atoms with Crippen LogP contribution in [0.5, 0.6) is 0 Å². The number of benzene rings is 1. The van der Waals surface area contributed by atoms with Crippen LogP contribution >= 0.6 is 23.2 Å². The smallest absolute Gasteiger partial charge is 0.319 e. The summed E-state index contributed by atoms with van der Waals surface area (Å²) < 4.78 is 0.